The Labute approximate surface area is 99.5 Å². The smallest absolute Gasteiger partial charge is 0.420 e. The maximum absolute atomic E-state index is 11.6. The minimum atomic E-state index is -0.662. The second-order valence-electron chi connectivity index (χ2n) is 4.25. The third-order valence-corrected chi connectivity index (χ3v) is 3.03. The van der Waals surface area contributed by atoms with E-state index in [9.17, 15) is 9.59 Å². The van der Waals surface area contributed by atoms with Crippen molar-refractivity contribution in [1.29, 1.82) is 0 Å². The Hall–Kier alpha value is -1.56. The van der Waals surface area contributed by atoms with Crippen molar-refractivity contribution in [3.8, 4) is 0 Å². The van der Waals surface area contributed by atoms with E-state index in [1.165, 1.54) is 6.08 Å². The molecule has 6 heteroatoms. The lowest BCUT2D eigenvalue weighted by atomic mass is 9.92. The summed E-state index contributed by atoms with van der Waals surface area (Å²) in [6, 6.07) is 0. The Morgan fingerprint density at radius 2 is 2.29 bits per heavy atom. The molecule has 0 atom stereocenters. The van der Waals surface area contributed by atoms with Gasteiger partial charge >= 0.3 is 12.2 Å². The van der Waals surface area contributed by atoms with Crippen LogP contribution in [0, 0.1) is 0 Å². The molecule has 2 heterocycles. The molecule has 2 fully saturated rings. The van der Waals surface area contributed by atoms with Gasteiger partial charge in [-0.1, -0.05) is 12.7 Å². The standard InChI is InChI=1S/C11H16N2O4/c1-2-7-16-9(14)13-8-11(17-10(13)15)3-5-12-6-4-11/h2,12H,1,3-8H2. The van der Waals surface area contributed by atoms with Gasteiger partial charge in [0, 0.05) is 12.8 Å². The fourth-order valence-electron chi connectivity index (χ4n) is 2.12. The summed E-state index contributed by atoms with van der Waals surface area (Å²) in [5.41, 5.74) is -0.518. The highest BCUT2D eigenvalue weighted by Crippen LogP contribution is 2.31. The number of rotatable bonds is 2. The molecule has 2 rings (SSSR count). The number of nitrogens with zero attached hydrogens (tertiary/aromatic N) is 1. The maximum Gasteiger partial charge on any atom is 0.420 e. The lowest BCUT2D eigenvalue weighted by molar-refractivity contribution is 0.0316. The SMILES string of the molecule is C=CCOC(=O)N1CC2(CCNCC2)OC1=O. The van der Waals surface area contributed by atoms with Crippen LogP contribution in [0.15, 0.2) is 12.7 Å². The summed E-state index contributed by atoms with van der Waals surface area (Å²) in [4.78, 5) is 24.2. The zero-order valence-corrected chi connectivity index (χ0v) is 9.61. The van der Waals surface area contributed by atoms with Gasteiger partial charge in [-0.3, -0.25) is 0 Å². The van der Waals surface area contributed by atoms with Crippen molar-refractivity contribution in [3.63, 3.8) is 0 Å². The fourth-order valence-corrected chi connectivity index (χ4v) is 2.12. The second kappa shape index (κ2) is 4.75. The number of nitrogens with one attached hydrogen (secondary N) is 1. The Balaban J connectivity index is 1.98. The van der Waals surface area contributed by atoms with E-state index < -0.39 is 17.8 Å². The van der Waals surface area contributed by atoms with E-state index in [0.717, 1.165) is 30.8 Å². The summed E-state index contributed by atoms with van der Waals surface area (Å²) >= 11 is 0. The zero-order valence-electron chi connectivity index (χ0n) is 9.61. The first kappa shape index (κ1) is 11.9. The van der Waals surface area contributed by atoms with Gasteiger partial charge in [-0.25, -0.2) is 14.5 Å². The largest absolute Gasteiger partial charge is 0.445 e. The number of carbonyl (C=O) groups excluding carboxylic acids is 2. The molecule has 2 aliphatic heterocycles. The summed E-state index contributed by atoms with van der Waals surface area (Å²) in [5.74, 6) is 0. The van der Waals surface area contributed by atoms with E-state index in [-0.39, 0.29) is 13.2 Å². The topological polar surface area (TPSA) is 67.9 Å². The van der Waals surface area contributed by atoms with Crippen LogP contribution in [0.3, 0.4) is 0 Å². The van der Waals surface area contributed by atoms with Crippen LogP contribution in [0.2, 0.25) is 0 Å². The molecular formula is C11H16N2O4. The summed E-state index contributed by atoms with van der Waals surface area (Å²) in [5, 5.41) is 3.19. The van der Waals surface area contributed by atoms with Crippen LogP contribution in [0.1, 0.15) is 12.8 Å². The van der Waals surface area contributed by atoms with Gasteiger partial charge in [0.1, 0.15) is 12.2 Å². The first-order chi connectivity index (χ1) is 8.17. The van der Waals surface area contributed by atoms with E-state index in [1.54, 1.807) is 0 Å². The van der Waals surface area contributed by atoms with Crippen LogP contribution in [-0.4, -0.2) is 48.9 Å². The van der Waals surface area contributed by atoms with Crippen LogP contribution in [-0.2, 0) is 9.47 Å². The van der Waals surface area contributed by atoms with Crippen LogP contribution in [0.5, 0.6) is 0 Å². The fraction of sp³-hybridized carbons (Fsp3) is 0.636. The van der Waals surface area contributed by atoms with Crippen molar-refractivity contribution >= 4 is 12.2 Å². The molecule has 0 aromatic carbocycles. The van der Waals surface area contributed by atoms with Gasteiger partial charge in [0.2, 0.25) is 0 Å². The van der Waals surface area contributed by atoms with Gasteiger partial charge in [0.15, 0.2) is 0 Å². The predicted octanol–water partition coefficient (Wildman–Crippen LogP) is 0.883. The van der Waals surface area contributed by atoms with Crippen molar-refractivity contribution in [2.75, 3.05) is 26.2 Å². The van der Waals surface area contributed by atoms with Gasteiger partial charge in [0.25, 0.3) is 0 Å². The van der Waals surface area contributed by atoms with Crippen LogP contribution >= 0.6 is 0 Å². The lowest BCUT2D eigenvalue weighted by Crippen LogP contribution is -2.45. The monoisotopic (exact) mass is 240 g/mol. The number of ether oxygens (including phenoxy) is 2. The Kier molecular flexibility index (Phi) is 3.33. The Morgan fingerprint density at radius 1 is 1.59 bits per heavy atom. The quantitative estimate of drug-likeness (QED) is 0.726. The summed E-state index contributed by atoms with van der Waals surface area (Å²) in [7, 11) is 0. The number of carbonyl (C=O) groups is 2. The second-order valence-corrected chi connectivity index (χ2v) is 4.25. The first-order valence-electron chi connectivity index (χ1n) is 5.66. The van der Waals surface area contributed by atoms with E-state index in [2.05, 4.69) is 11.9 Å². The van der Waals surface area contributed by atoms with Gasteiger partial charge < -0.3 is 14.8 Å². The highest BCUT2D eigenvalue weighted by molar-refractivity contribution is 5.89. The Bertz CT molecular complexity index is 336. The van der Waals surface area contributed by atoms with E-state index in [1.807, 2.05) is 0 Å². The molecule has 0 aromatic heterocycles. The predicted molar refractivity (Wildman–Crippen MR) is 59.6 cm³/mol. The van der Waals surface area contributed by atoms with Crippen molar-refractivity contribution in [2.24, 2.45) is 0 Å². The average Bonchev–Trinajstić information content (AvgIpc) is 2.64. The number of piperidine rings is 1. The van der Waals surface area contributed by atoms with Gasteiger partial charge in [-0.05, 0) is 13.1 Å². The van der Waals surface area contributed by atoms with Crippen molar-refractivity contribution < 1.29 is 19.1 Å². The maximum atomic E-state index is 11.6. The third kappa shape index (κ3) is 2.41. The molecule has 2 aliphatic rings. The van der Waals surface area contributed by atoms with Crippen molar-refractivity contribution in [3.05, 3.63) is 12.7 Å². The molecule has 0 bridgehead atoms. The lowest BCUT2D eigenvalue weighted by Gasteiger charge is -2.30. The minimum Gasteiger partial charge on any atom is -0.445 e. The molecule has 0 radical (unpaired) electrons. The van der Waals surface area contributed by atoms with Crippen LogP contribution in [0.4, 0.5) is 9.59 Å². The number of hydrogen-bond donors (Lipinski definition) is 1. The highest BCUT2D eigenvalue weighted by Gasteiger charge is 2.48. The summed E-state index contributed by atoms with van der Waals surface area (Å²) < 4.78 is 10.2. The molecule has 0 saturated carbocycles. The molecule has 2 saturated heterocycles. The molecule has 1 spiro atoms. The summed E-state index contributed by atoms with van der Waals surface area (Å²) in [6.45, 7) is 5.41. The van der Waals surface area contributed by atoms with Crippen LogP contribution in [0.25, 0.3) is 0 Å². The van der Waals surface area contributed by atoms with E-state index in [0.29, 0.717) is 0 Å². The first-order valence-corrected chi connectivity index (χ1v) is 5.66. The van der Waals surface area contributed by atoms with Gasteiger partial charge in [-0.2, -0.15) is 0 Å². The molecule has 0 unspecified atom stereocenters. The molecule has 0 aliphatic carbocycles. The molecule has 2 amide bonds. The highest BCUT2D eigenvalue weighted by atomic mass is 16.6. The number of hydrogen-bond acceptors (Lipinski definition) is 5. The van der Waals surface area contributed by atoms with Crippen molar-refractivity contribution in [1.82, 2.24) is 10.2 Å². The molecular weight excluding hydrogens is 224 g/mol. The molecule has 17 heavy (non-hydrogen) atoms. The van der Waals surface area contributed by atoms with Crippen molar-refractivity contribution in [2.45, 2.75) is 18.4 Å². The van der Waals surface area contributed by atoms with Gasteiger partial charge in [0.05, 0.1) is 6.54 Å². The molecule has 94 valence electrons. The van der Waals surface area contributed by atoms with Gasteiger partial charge in [-0.15, -0.1) is 0 Å². The molecule has 0 aromatic rings. The Morgan fingerprint density at radius 3 is 2.94 bits per heavy atom. The number of imide groups is 1. The number of amides is 2. The van der Waals surface area contributed by atoms with Crippen LogP contribution < -0.4 is 5.32 Å². The van der Waals surface area contributed by atoms with E-state index in [4.69, 9.17) is 9.47 Å². The normalized spacial score (nSPS) is 22.4. The summed E-state index contributed by atoms with van der Waals surface area (Å²) in [6.07, 6.45) is 1.64. The third-order valence-electron chi connectivity index (χ3n) is 3.03. The molecule has 6 nitrogen and oxygen atoms in total. The van der Waals surface area contributed by atoms with E-state index >= 15 is 0 Å². The zero-order chi connectivity index (χ0) is 12.3. The minimum absolute atomic E-state index is 0.0944. The molecule has 1 N–H and O–H groups in total. The average molecular weight is 240 g/mol.